The molecular weight excluding hydrogens is 206 g/mol. The Morgan fingerprint density at radius 1 is 1.54 bits per heavy atom. The number of carbonyl (C=O) groups is 1. The topological polar surface area (TPSA) is 38.3 Å². The molecule has 0 aliphatic carbocycles. The van der Waals surface area contributed by atoms with Crippen LogP contribution in [-0.2, 0) is 4.74 Å². The first-order valence-corrected chi connectivity index (χ1v) is 6.23. The average molecular weight is 223 g/mol. The molecule has 0 aliphatic rings. The van der Waals surface area contributed by atoms with Crippen molar-refractivity contribution >= 4 is 28.5 Å². The van der Waals surface area contributed by atoms with E-state index in [-0.39, 0.29) is 6.09 Å². The lowest BCUT2D eigenvalue weighted by atomic mass is 10.2. The highest BCUT2D eigenvalue weighted by Crippen LogP contribution is 2.07. The van der Waals surface area contributed by atoms with Crippen LogP contribution < -0.4 is 5.32 Å². The van der Waals surface area contributed by atoms with Crippen LogP contribution in [0.5, 0.6) is 0 Å². The fraction of sp³-hybridized carbons (Fsp3) is 0.875. The van der Waals surface area contributed by atoms with Gasteiger partial charge < -0.3 is 10.1 Å². The first kappa shape index (κ1) is 13.0. The standard InChI is InChI=1S/C8H17NO2S2/c1-8(2,3)11-7(10)9-5-4-6-13-12/h12H,4-6H2,1-3H3,(H,9,10). The number of carbonyl (C=O) groups excluding carboxylic acids is 1. The van der Waals surface area contributed by atoms with Crippen molar-refractivity contribution in [1.29, 1.82) is 0 Å². The van der Waals surface area contributed by atoms with Gasteiger partial charge in [-0.3, -0.25) is 0 Å². The third kappa shape index (κ3) is 9.89. The molecule has 1 amide bonds. The van der Waals surface area contributed by atoms with Gasteiger partial charge in [-0.2, -0.15) is 0 Å². The van der Waals surface area contributed by atoms with E-state index in [1.807, 2.05) is 20.8 Å². The van der Waals surface area contributed by atoms with Crippen molar-refractivity contribution in [3.05, 3.63) is 0 Å². The summed E-state index contributed by atoms with van der Waals surface area (Å²) in [6.45, 7) is 6.17. The van der Waals surface area contributed by atoms with Crippen LogP contribution in [0.2, 0.25) is 0 Å². The van der Waals surface area contributed by atoms with Gasteiger partial charge in [-0.25, -0.2) is 4.79 Å². The number of rotatable bonds is 4. The minimum absolute atomic E-state index is 0.350. The van der Waals surface area contributed by atoms with Crippen LogP contribution in [0.15, 0.2) is 0 Å². The van der Waals surface area contributed by atoms with Crippen LogP contribution in [0.3, 0.4) is 0 Å². The van der Waals surface area contributed by atoms with Crippen molar-refractivity contribution in [1.82, 2.24) is 5.32 Å². The third-order valence-electron chi connectivity index (χ3n) is 1.08. The molecular formula is C8H17NO2S2. The van der Waals surface area contributed by atoms with E-state index in [0.717, 1.165) is 12.2 Å². The van der Waals surface area contributed by atoms with Gasteiger partial charge in [0.2, 0.25) is 0 Å². The molecule has 5 heteroatoms. The van der Waals surface area contributed by atoms with Gasteiger partial charge in [0.1, 0.15) is 5.60 Å². The van der Waals surface area contributed by atoms with Gasteiger partial charge in [-0.1, -0.05) is 10.8 Å². The smallest absolute Gasteiger partial charge is 0.407 e. The van der Waals surface area contributed by atoms with Crippen molar-refractivity contribution < 1.29 is 9.53 Å². The lowest BCUT2D eigenvalue weighted by Crippen LogP contribution is -2.33. The molecule has 0 aromatic carbocycles. The van der Waals surface area contributed by atoms with Crippen molar-refractivity contribution in [2.45, 2.75) is 32.8 Å². The summed E-state index contributed by atoms with van der Waals surface area (Å²) in [6, 6.07) is 0. The van der Waals surface area contributed by atoms with E-state index in [1.54, 1.807) is 0 Å². The summed E-state index contributed by atoms with van der Waals surface area (Å²) in [5, 5.41) is 2.67. The van der Waals surface area contributed by atoms with Gasteiger partial charge in [0.15, 0.2) is 0 Å². The Morgan fingerprint density at radius 3 is 2.62 bits per heavy atom. The van der Waals surface area contributed by atoms with Gasteiger partial charge in [0.25, 0.3) is 0 Å². The lowest BCUT2D eigenvalue weighted by molar-refractivity contribution is 0.0528. The van der Waals surface area contributed by atoms with E-state index in [0.29, 0.717) is 6.54 Å². The monoisotopic (exact) mass is 223 g/mol. The zero-order valence-corrected chi connectivity index (χ0v) is 10.0. The number of thiol groups is 1. The molecule has 0 spiro atoms. The quantitative estimate of drug-likeness (QED) is 0.437. The molecule has 3 nitrogen and oxygen atoms in total. The summed E-state index contributed by atoms with van der Waals surface area (Å²) in [5.41, 5.74) is -0.414. The zero-order valence-electron chi connectivity index (χ0n) is 8.29. The number of nitrogens with one attached hydrogen (secondary N) is 1. The molecule has 1 N–H and O–H groups in total. The lowest BCUT2D eigenvalue weighted by Gasteiger charge is -2.19. The predicted molar refractivity (Wildman–Crippen MR) is 60.3 cm³/mol. The van der Waals surface area contributed by atoms with Crippen LogP contribution in [0, 0.1) is 0 Å². The summed E-state index contributed by atoms with van der Waals surface area (Å²) in [6.07, 6.45) is 0.560. The van der Waals surface area contributed by atoms with Gasteiger partial charge in [0.05, 0.1) is 0 Å². The fourth-order valence-electron chi connectivity index (χ4n) is 0.641. The Kier molecular flexibility index (Phi) is 6.41. The van der Waals surface area contributed by atoms with Crippen LogP contribution in [0.4, 0.5) is 4.79 Å². The highest BCUT2D eigenvalue weighted by atomic mass is 33.1. The third-order valence-corrected chi connectivity index (χ3v) is 2.10. The Hall–Kier alpha value is -0.0300. The number of hydrogen-bond donors (Lipinski definition) is 2. The SMILES string of the molecule is CC(C)(C)OC(=O)NCCCSS. The minimum atomic E-state index is -0.414. The highest BCUT2D eigenvalue weighted by Gasteiger charge is 2.15. The number of ether oxygens (including phenoxy) is 1. The normalized spacial score (nSPS) is 11.1. The van der Waals surface area contributed by atoms with Crippen LogP contribution in [-0.4, -0.2) is 24.0 Å². The second-order valence-electron chi connectivity index (χ2n) is 3.62. The van der Waals surface area contributed by atoms with Crippen molar-refractivity contribution in [2.24, 2.45) is 0 Å². The summed E-state index contributed by atoms with van der Waals surface area (Å²) in [4.78, 5) is 11.1. The second-order valence-corrected chi connectivity index (χ2v) is 5.06. The molecule has 0 saturated carbocycles. The van der Waals surface area contributed by atoms with Gasteiger partial charge >= 0.3 is 6.09 Å². The minimum Gasteiger partial charge on any atom is -0.444 e. The van der Waals surface area contributed by atoms with E-state index in [9.17, 15) is 4.79 Å². The maximum absolute atomic E-state index is 11.1. The van der Waals surface area contributed by atoms with Crippen molar-refractivity contribution in [3.8, 4) is 0 Å². The van der Waals surface area contributed by atoms with Crippen LogP contribution in [0.25, 0.3) is 0 Å². The molecule has 78 valence electrons. The van der Waals surface area contributed by atoms with E-state index < -0.39 is 5.60 Å². The summed E-state index contributed by atoms with van der Waals surface area (Å²) in [7, 11) is 1.47. The molecule has 0 aromatic heterocycles. The maximum Gasteiger partial charge on any atom is 0.407 e. The predicted octanol–water partition coefficient (Wildman–Crippen LogP) is 2.48. The number of amides is 1. The average Bonchev–Trinajstić information content (AvgIpc) is 1.94. The molecule has 0 radical (unpaired) electrons. The largest absolute Gasteiger partial charge is 0.444 e. The maximum atomic E-state index is 11.1. The summed E-state index contributed by atoms with van der Waals surface area (Å²) >= 11 is 3.99. The summed E-state index contributed by atoms with van der Waals surface area (Å²) in [5.74, 6) is 0.929. The molecule has 0 heterocycles. The van der Waals surface area contributed by atoms with Gasteiger partial charge in [0, 0.05) is 12.3 Å². The first-order valence-electron chi connectivity index (χ1n) is 4.19. The Bertz CT molecular complexity index is 157. The molecule has 0 saturated heterocycles. The number of hydrogen-bond acceptors (Lipinski definition) is 4. The van der Waals surface area contributed by atoms with E-state index in [4.69, 9.17) is 4.74 Å². The van der Waals surface area contributed by atoms with E-state index in [2.05, 4.69) is 17.0 Å². The van der Waals surface area contributed by atoms with Crippen LogP contribution in [0.1, 0.15) is 27.2 Å². The van der Waals surface area contributed by atoms with Gasteiger partial charge in [-0.05, 0) is 27.2 Å². The number of alkyl carbamates (subject to hydrolysis) is 1. The molecule has 0 fully saturated rings. The van der Waals surface area contributed by atoms with Crippen LogP contribution >= 0.6 is 22.5 Å². The fourth-order valence-corrected chi connectivity index (χ4v) is 1.30. The molecule has 0 atom stereocenters. The molecule has 0 unspecified atom stereocenters. The Labute approximate surface area is 88.8 Å². The Balaban J connectivity index is 3.41. The molecule has 13 heavy (non-hydrogen) atoms. The molecule has 0 bridgehead atoms. The van der Waals surface area contributed by atoms with Crippen molar-refractivity contribution in [2.75, 3.05) is 12.3 Å². The Morgan fingerprint density at radius 2 is 2.15 bits per heavy atom. The molecule has 0 aliphatic heterocycles. The first-order chi connectivity index (χ1) is 5.95. The second kappa shape index (κ2) is 6.43. The zero-order chi connectivity index (χ0) is 10.3. The summed E-state index contributed by atoms with van der Waals surface area (Å²) < 4.78 is 5.04. The van der Waals surface area contributed by atoms with E-state index >= 15 is 0 Å². The molecule has 0 rings (SSSR count). The van der Waals surface area contributed by atoms with Crippen molar-refractivity contribution in [3.63, 3.8) is 0 Å². The van der Waals surface area contributed by atoms with E-state index in [1.165, 1.54) is 10.8 Å². The highest BCUT2D eigenvalue weighted by molar-refractivity contribution is 8.68. The van der Waals surface area contributed by atoms with Gasteiger partial charge in [-0.15, -0.1) is 11.7 Å². The molecule has 0 aromatic rings.